The lowest BCUT2D eigenvalue weighted by Crippen LogP contribution is -2.33. The minimum Gasteiger partial charge on any atom is -0.381 e. The lowest BCUT2D eigenvalue weighted by Gasteiger charge is -2.27. The molecule has 0 spiro atoms. The second kappa shape index (κ2) is 10.2. The Morgan fingerprint density at radius 2 is 1.97 bits per heavy atom. The third-order valence-electron chi connectivity index (χ3n) is 6.69. The molecule has 1 saturated heterocycles. The predicted octanol–water partition coefficient (Wildman–Crippen LogP) is 5.53. The smallest absolute Gasteiger partial charge is 0.256 e. The molecule has 3 aromatic rings. The van der Waals surface area contributed by atoms with Crippen LogP contribution in [0.25, 0.3) is 16.6 Å². The molecule has 1 atom stereocenters. The Labute approximate surface area is 210 Å². The van der Waals surface area contributed by atoms with Crippen molar-refractivity contribution in [1.29, 1.82) is 0 Å². The molecule has 0 saturated carbocycles. The van der Waals surface area contributed by atoms with Crippen LogP contribution in [0.1, 0.15) is 60.8 Å². The standard InChI is InChI=1S/C27H30ClN5O2/c1-3-22(17-8-10-19(28)11-9-17)31-27(34)23-24(18-6-5-7-18)32-26-21(16-29-33(26)4-2)25(23)30-20-12-14-35-15-13-20/h5-11,16,20,22H,3-4,12-15H2,1-2H3,(H,30,32)(H,31,34). The van der Waals surface area contributed by atoms with Crippen molar-refractivity contribution in [3.63, 3.8) is 0 Å². The summed E-state index contributed by atoms with van der Waals surface area (Å²) < 4.78 is 7.44. The quantitative estimate of drug-likeness (QED) is 0.433. The summed E-state index contributed by atoms with van der Waals surface area (Å²) in [6.07, 6.45) is 10.3. The van der Waals surface area contributed by atoms with Crippen molar-refractivity contribution in [2.75, 3.05) is 18.5 Å². The maximum atomic E-state index is 14.0. The molecule has 1 aliphatic heterocycles. The molecule has 2 N–H and O–H groups in total. The molecule has 1 amide bonds. The molecule has 0 radical (unpaired) electrons. The number of nitrogens with zero attached hydrogens (tertiary/aromatic N) is 3. The number of amides is 1. The largest absolute Gasteiger partial charge is 0.381 e. The van der Waals surface area contributed by atoms with Gasteiger partial charge in [-0.3, -0.25) is 4.79 Å². The van der Waals surface area contributed by atoms with Gasteiger partial charge in [0, 0.05) is 36.4 Å². The number of fused-ring (bicyclic) bond motifs is 1. The van der Waals surface area contributed by atoms with Gasteiger partial charge in [0.2, 0.25) is 0 Å². The van der Waals surface area contributed by atoms with E-state index in [9.17, 15) is 4.79 Å². The van der Waals surface area contributed by atoms with Crippen LogP contribution in [0.4, 0.5) is 5.69 Å². The van der Waals surface area contributed by atoms with Crippen LogP contribution < -0.4 is 10.6 Å². The van der Waals surface area contributed by atoms with E-state index in [0.717, 1.165) is 47.1 Å². The van der Waals surface area contributed by atoms with Crippen LogP contribution in [0.2, 0.25) is 5.02 Å². The number of pyridine rings is 1. The van der Waals surface area contributed by atoms with Crippen LogP contribution >= 0.6 is 11.6 Å². The van der Waals surface area contributed by atoms with Gasteiger partial charge in [0.05, 0.1) is 34.6 Å². The molecule has 182 valence electrons. The highest BCUT2D eigenvalue weighted by Gasteiger charge is 2.28. The molecule has 1 fully saturated rings. The van der Waals surface area contributed by atoms with Gasteiger partial charge in [-0.05, 0) is 43.9 Å². The Bertz CT molecular complexity index is 1290. The number of rotatable bonds is 8. The highest BCUT2D eigenvalue weighted by molar-refractivity contribution is 6.30. The topological polar surface area (TPSA) is 81.1 Å². The number of ether oxygens (including phenoxy) is 1. The fraction of sp³-hybridized carbons (Fsp3) is 0.370. The van der Waals surface area contributed by atoms with Gasteiger partial charge in [-0.15, -0.1) is 0 Å². The van der Waals surface area contributed by atoms with Crippen molar-refractivity contribution in [3.8, 4) is 0 Å². The molecule has 2 aromatic heterocycles. The van der Waals surface area contributed by atoms with E-state index in [0.29, 0.717) is 36.0 Å². The molecule has 3 heterocycles. The van der Waals surface area contributed by atoms with Crippen LogP contribution in [0.15, 0.2) is 48.7 Å². The number of hydrogen-bond acceptors (Lipinski definition) is 5. The maximum absolute atomic E-state index is 14.0. The highest BCUT2D eigenvalue weighted by Crippen LogP contribution is 2.36. The number of anilines is 1. The van der Waals surface area contributed by atoms with Gasteiger partial charge < -0.3 is 15.4 Å². The third-order valence-corrected chi connectivity index (χ3v) is 6.94. The first-order valence-electron chi connectivity index (χ1n) is 12.3. The molecule has 1 aliphatic carbocycles. The summed E-state index contributed by atoms with van der Waals surface area (Å²) >= 11 is 6.09. The Kier molecular flexibility index (Phi) is 6.88. The Morgan fingerprint density at radius 1 is 1.23 bits per heavy atom. The summed E-state index contributed by atoms with van der Waals surface area (Å²) in [6.45, 7) is 6.21. The first kappa shape index (κ1) is 23.6. The fourth-order valence-electron chi connectivity index (χ4n) is 4.64. The molecule has 2 aliphatic rings. The summed E-state index contributed by atoms with van der Waals surface area (Å²) in [6, 6.07) is 7.69. The van der Waals surface area contributed by atoms with Crippen LogP contribution in [0.3, 0.4) is 0 Å². The molecule has 35 heavy (non-hydrogen) atoms. The zero-order chi connectivity index (χ0) is 24.4. The second-order valence-corrected chi connectivity index (χ2v) is 9.34. The van der Waals surface area contributed by atoms with E-state index in [1.807, 2.05) is 60.3 Å². The number of allylic oxidation sites excluding steroid dienone is 4. The van der Waals surface area contributed by atoms with Gasteiger partial charge in [0.25, 0.3) is 5.91 Å². The van der Waals surface area contributed by atoms with Gasteiger partial charge in [0.15, 0.2) is 5.65 Å². The number of halogens is 1. The van der Waals surface area contributed by atoms with Crippen LogP contribution in [-0.4, -0.2) is 39.9 Å². The van der Waals surface area contributed by atoms with E-state index in [2.05, 4.69) is 22.7 Å². The van der Waals surface area contributed by atoms with E-state index in [1.165, 1.54) is 0 Å². The molecular weight excluding hydrogens is 462 g/mol. The summed E-state index contributed by atoms with van der Waals surface area (Å²) in [4.78, 5) is 18.9. The van der Waals surface area contributed by atoms with Crippen molar-refractivity contribution in [3.05, 3.63) is 70.5 Å². The zero-order valence-corrected chi connectivity index (χ0v) is 20.8. The molecule has 1 aromatic carbocycles. The van der Waals surface area contributed by atoms with Crippen molar-refractivity contribution in [1.82, 2.24) is 20.1 Å². The normalized spacial score (nSPS) is 16.6. The Morgan fingerprint density at radius 3 is 2.60 bits per heavy atom. The lowest BCUT2D eigenvalue weighted by atomic mass is 9.95. The number of carbonyl (C=O) groups is 1. The van der Waals surface area contributed by atoms with Gasteiger partial charge >= 0.3 is 0 Å². The molecule has 5 rings (SSSR count). The van der Waals surface area contributed by atoms with E-state index < -0.39 is 0 Å². The Balaban J connectivity index is 1.60. The van der Waals surface area contributed by atoms with Crippen LogP contribution in [-0.2, 0) is 11.3 Å². The number of hydrogen-bond donors (Lipinski definition) is 2. The minimum absolute atomic E-state index is 0.150. The average Bonchev–Trinajstić information content (AvgIpc) is 3.26. The van der Waals surface area contributed by atoms with Gasteiger partial charge in [-0.2, -0.15) is 5.10 Å². The maximum Gasteiger partial charge on any atom is 0.256 e. The first-order valence-corrected chi connectivity index (χ1v) is 12.7. The SMILES string of the molecule is CCC(NC(=O)c1c(C2=CC=C2)nc2c(cnn2CC)c1NC1CCOCC1)c1ccc(Cl)cc1. The van der Waals surface area contributed by atoms with Crippen molar-refractivity contribution < 1.29 is 9.53 Å². The van der Waals surface area contributed by atoms with Gasteiger partial charge in [-0.1, -0.05) is 48.9 Å². The summed E-state index contributed by atoms with van der Waals surface area (Å²) in [5, 5.41) is 13.0. The van der Waals surface area contributed by atoms with Crippen molar-refractivity contribution in [2.24, 2.45) is 0 Å². The summed E-state index contributed by atoms with van der Waals surface area (Å²) in [5.41, 5.74) is 4.76. The van der Waals surface area contributed by atoms with E-state index in [-0.39, 0.29) is 18.0 Å². The molecule has 7 nitrogen and oxygen atoms in total. The first-order chi connectivity index (χ1) is 17.1. The molecule has 8 heteroatoms. The molecule has 0 bridgehead atoms. The summed E-state index contributed by atoms with van der Waals surface area (Å²) in [7, 11) is 0. The average molecular weight is 492 g/mol. The monoisotopic (exact) mass is 491 g/mol. The number of carbonyl (C=O) groups excluding carboxylic acids is 1. The fourth-order valence-corrected chi connectivity index (χ4v) is 4.77. The third kappa shape index (κ3) is 4.70. The van der Waals surface area contributed by atoms with E-state index >= 15 is 0 Å². The van der Waals surface area contributed by atoms with Crippen molar-refractivity contribution in [2.45, 2.75) is 51.7 Å². The van der Waals surface area contributed by atoms with Gasteiger partial charge in [-0.25, -0.2) is 9.67 Å². The molecular formula is C27H30ClN5O2. The van der Waals surface area contributed by atoms with E-state index in [1.54, 1.807) is 0 Å². The predicted molar refractivity (Wildman–Crippen MR) is 140 cm³/mol. The number of benzene rings is 1. The van der Waals surface area contributed by atoms with Crippen LogP contribution in [0.5, 0.6) is 0 Å². The minimum atomic E-state index is -0.156. The highest BCUT2D eigenvalue weighted by atomic mass is 35.5. The summed E-state index contributed by atoms with van der Waals surface area (Å²) in [5.74, 6) is -0.156. The van der Waals surface area contributed by atoms with Crippen LogP contribution in [0, 0.1) is 0 Å². The number of aromatic nitrogens is 3. The number of aryl methyl sites for hydroxylation is 1. The number of nitrogens with one attached hydrogen (secondary N) is 2. The van der Waals surface area contributed by atoms with Gasteiger partial charge in [0.1, 0.15) is 0 Å². The second-order valence-electron chi connectivity index (χ2n) is 8.91. The van der Waals surface area contributed by atoms with Crippen molar-refractivity contribution >= 4 is 39.8 Å². The molecule has 1 unspecified atom stereocenters. The lowest BCUT2D eigenvalue weighted by molar-refractivity contribution is 0.0903. The zero-order valence-electron chi connectivity index (χ0n) is 20.1. The van der Waals surface area contributed by atoms with E-state index in [4.69, 9.17) is 21.3 Å². The Hall–Kier alpha value is -3.16.